The van der Waals surface area contributed by atoms with Gasteiger partial charge in [0.05, 0.1) is 0 Å². The van der Waals surface area contributed by atoms with Crippen molar-refractivity contribution in [3.63, 3.8) is 0 Å². The van der Waals surface area contributed by atoms with Crippen LogP contribution in [-0.2, 0) is 0 Å². The van der Waals surface area contributed by atoms with E-state index in [2.05, 4.69) is 36.3 Å². The molecule has 0 atom stereocenters. The van der Waals surface area contributed by atoms with Crippen LogP contribution in [0.15, 0.2) is 53.9 Å². The summed E-state index contributed by atoms with van der Waals surface area (Å²) in [6, 6.07) is 15.4. The van der Waals surface area contributed by atoms with Gasteiger partial charge in [-0.1, -0.05) is 38.1 Å². The lowest BCUT2D eigenvalue weighted by molar-refractivity contribution is 0.0792. The molecule has 0 radical (unpaired) electrons. The Balaban J connectivity index is 1.41. The lowest BCUT2D eigenvalue weighted by Crippen LogP contribution is -2.27. The maximum absolute atomic E-state index is 12.6. The molecule has 154 valence electrons. The van der Waals surface area contributed by atoms with Gasteiger partial charge in [0.15, 0.2) is 0 Å². The number of nitrogens with one attached hydrogen (secondary N) is 1. The van der Waals surface area contributed by atoms with Crippen molar-refractivity contribution in [3.8, 4) is 10.6 Å². The summed E-state index contributed by atoms with van der Waals surface area (Å²) in [4.78, 5) is 31.4. The number of carbonyl (C=O) groups excluding carboxylic acids is 2. The molecule has 3 aromatic rings. The molecule has 2 amide bonds. The van der Waals surface area contributed by atoms with Gasteiger partial charge in [-0.25, -0.2) is 4.98 Å². The Bertz CT molecular complexity index is 1030. The van der Waals surface area contributed by atoms with E-state index in [4.69, 9.17) is 0 Å². The summed E-state index contributed by atoms with van der Waals surface area (Å²) in [5.74, 6) is 0.279. The third kappa shape index (κ3) is 4.44. The first-order valence-electron chi connectivity index (χ1n) is 10.3. The summed E-state index contributed by atoms with van der Waals surface area (Å²) in [7, 11) is 0. The van der Waals surface area contributed by atoms with E-state index in [0.29, 0.717) is 22.9 Å². The van der Waals surface area contributed by atoms with E-state index in [-0.39, 0.29) is 11.8 Å². The minimum atomic E-state index is -0.255. The number of hydrogen-bond donors (Lipinski definition) is 1. The number of thiazole rings is 1. The highest BCUT2D eigenvalue weighted by Gasteiger charge is 2.19. The molecule has 30 heavy (non-hydrogen) atoms. The molecule has 1 aromatic heterocycles. The standard InChI is InChI=1S/C24H25N3O2S/c1-16(2)17-5-7-18(8-6-17)23-26-21(15-30-23)22(28)25-20-11-9-19(10-12-20)24(29)27-13-3-4-14-27/h5-12,15-16H,3-4,13-14H2,1-2H3,(H,25,28). The molecular weight excluding hydrogens is 394 g/mol. The molecule has 0 spiro atoms. The highest BCUT2D eigenvalue weighted by atomic mass is 32.1. The van der Waals surface area contributed by atoms with Crippen molar-refractivity contribution in [3.05, 3.63) is 70.7 Å². The molecule has 0 unspecified atom stereocenters. The number of hydrogen-bond acceptors (Lipinski definition) is 4. The molecule has 1 aliphatic heterocycles. The van der Waals surface area contributed by atoms with Crippen LogP contribution < -0.4 is 5.32 Å². The predicted octanol–water partition coefficient (Wildman–Crippen LogP) is 5.42. The van der Waals surface area contributed by atoms with Crippen molar-refractivity contribution in [2.45, 2.75) is 32.6 Å². The maximum Gasteiger partial charge on any atom is 0.275 e. The molecule has 0 aliphatic carbocycles. The zero-order chi connectivity index (χ0) is 21.1. The van der Waals surface area contributed by atoms with Gasteiger partial charge in [0.2, 0.25) is 0 Å². The number of rotatable bonds is 5. The van der Waals surface area contributed by atoms with Gasteiger partial charge in [0, 0.05) is 35.3 Å². The number of benzene rings is 2. The maximum atomic E-state index is 12.6. The Morgan fingerprint density at radius 2 is 1.67 bits per heavy atom. The number of aromatic nitrogens is 1. The van der Waals surface area contributed by atoms with Crippen LogP contribution in [0.25, 0.3) is 10.6 Å². The smallest absolute Gasteiger partial charge is 0.275 e. The SMILES string of the molecule is CC(C)c1ccc(-c2nc(C(=O)Nc3ccc(C(=O)N4CCCC4)cc3)cs2)cc1. The van der Waals surface area contributed by atoms with Crippen molar-refractivity contribution in [2.75, 3.05) is 18.4 Å². The molecule has 2 heterocycles. The van der Waals surface area contributed by atoms with E-state index in [1.807, 2.05) is 17.0 Å². The first kappa shape index (κ1) is 20.3. The topological polar surface area (TPSA) is 62.3 Å². The summed E-state index contributed by atoms with van der Waals surface area (Å²) >= 11 is 1.45. The fourth-order valence-electron chi connectivity index (χ4n) is 3.52. The van der Waals surface area contributed by atoms with Crippen LogP contribution in [0.2, 0.25) is 0 Å². The fraction of sp³-hybridized carbons (Fsp3) is 0.292. The molecule has 6 heteroatoms. The normalized spacial score (nSPS) is 13.6. The molecular formula is C24H25N3O2S. The molecule has 1 N–H and O–H groups in total. The van der Waals surface area contributed by atoms with Crippen molar-refractivity contribution in [2.24, 2.45) is 0 Å². The lowest BCUT2D eigenvalue weighted by Gasteiger charge is -2.15. The van der Waals surface area contributed by atoms with Crippen molar-refractivity contribution in [1.82, 2.24) is 9.88 Å². The minimum Gasteiger partial charge on any atom is -0.339 e. The number of carbonyl (C=O) groups is 2. The van der Waals surface area contributed by atoms with E-state index < -0.39 is 0 Å². The average molecular weight is 420 g/mol. The molecule has 4 rings (SSSR count). The van der Waals surface area contributed by atoms with E-state index >= 15 is 0 Å². The van der Waals surface area contributed by atoms with Crippen LogP contribution in [-0.4, -0.2) is 34.8 Å². The third-order valence-electron chi connectivity index (χ3n) is 5.34. The van der Waals surface area contributed by atoms with Crippen molar-refractivity contribution < 1.29 is 9.59 Å². The second kappa shape index (κ2) is 8.79. The Hall–Kier alpha value is -2.99. The van der Waals surface area contributed by atoms with Gasteiger partial charge in [-0.3, -0.25) is 9.59 Å². The molecule has 1 saturated heterocycles. The Morgan fingerprint density at radius 3 is 2.30 bits per heavy atom. The number of nitrogens with zero attached hydrogens (tertiary/aromatic N) is 2. The van der Waals surface area contributed by atoms with Gasteiger partial charge in [-0.2, -0.15) is 0 Å². The molecule has 5 nitrogen and oxygen atoms in total. The van der Waals surface area contributed by atoms with Crippen LogP contribution in [0.5, 0.6) is 0 Å². The highest BCUT2D eigenvalue weighted by molar-refractivity contribution is 7.13. The number of amides is 2. The molecule has 2 aromatic carbocycles. The summed E-state index contributed by atoms with van der Waals surface area (Å²) in [6.07, 6.45) is 2.13. The average Bonchev–Trinajstić information content (AvgIpc) is 3.46. The summed E-state index contributed by atoms with van der Waals surface area (Å²) < 4.78 is 0. The van der Waals surface area contributed by atoms with E-state index in [1.165, 1.54) is 16.9 Å². The molecule has 0 bridgehead atoms. The van der Waals surface area contributed by atoms with Gasteiger partial charge in [0.25, 0.3) is 11.8 Å². The molecule has 0 saturated carbocycles. The van der Waals surface area contributed by atoms with E-state index in [9.17, 15) is 9.59 Å². The highest BCUT2D eigenvalue weighted by Crippen LogP contribution is 2.26. The van der Waals surface area contributed by atoms with E-state index in [0.717, 1.165) is 36.5 Å². The zero-order valence-electron chi connectivity index (χ0n) is 17.2. The van der Waals surface area contributed by atoms with Crippen molar-refractivity contribution in [1.29, 1.82) is 0 Å². The second-order valence-electron chi connectivity index (χ2n) is 7.85. The van der Waals surface area contributed by atoms with Crippen LogP contribution in [0, 0.1) is 0 Å². The molecule has 1 aliphatic rings. The van der Waals surface area contributed by atoms with Crippen LogP contribution in [0.4, 0.5) is 5.69 Å². The van der Waals surface area contributed by atoms with Crippen LogP contribution in [0.1, 0.15) is 59.0 Å². The second-order valence-corrected chi connectivity index (χ2v) is 8.70. The minimum absolute atomic E-state index is 0.0537. The zero-order valence-corrected chi connectivity index (χ0v) is 18.0. The van der Waals surface area contributed by atoms with Gasteiger partial charge in [0.1, 0.15) is 10.7 Å². The van der Waals surface area contributed by atoms with Crippen LogP contribution >= 0.6 is 11.3 Å². The summed E-state index contributed by atoms with van der Waals surface area (Å²) in [6.45, 7) is 5.97. The third-order valence-corrected chi connectivity index (χ3v) is 6.24. The quantitative estimate of drug-likeness (QED) is 0.600. The van der Waals surface area contributed by atoms with Gasteiger partial charge in [-0.15, -0.1) is 11.3 Å². The predicted molar refractivity (Wildman–Crippen MR) is 121 cm³/mol. The first-order chi connectivity index (χ1) is 14.5. The fourth-order valence-corrected chi connectivity index (χ4v) is 4.32. The largest absolute Gasteiger partial charge is 0.339 e. The Morgan fingerprint density at radius 1 is 1.00 bits per heavy atom. The van der Waals surface area contributed by atoms with Gasteiger partial charge in [-0.05, 0) is 48.6 Å². The monoisotopic (exact) mass is 419 g/mol. The van der Waals surface area contributed by atoms with Crippen LogP contribution in [0.3, 0.4) is 0 Å². The lowest BCUT2D eigenvalue weighted by atomic mass is 10.0. The first-order valence-corrected chi connectivity index (χ1v) is 11.2. The Kier molecular flexibility index (Phi) is 5.95. The summed E-state index contributed by atoms with van der Waals surface area (Å²) in [5.41, 5.74) is 3.97. The summed E-state index contributed by atoms with van der Waals surface area (Å²) in [5, 5.41) is 5.45. The Labute approximate surface area is 180 Å². The van der Waals surface area contributed by atoms with Gasteiger partial charge < -0.3 is 10.2 Å². The number of anilines is 1. The number of likely N-dealkylation sites (tertiary alicyclic amines) is 1. The van der Waals surface area contributed by atoms with Gasteiger partial charge >= 0.3 is 0 Å². The van der Waals surface area contributed by atoms with E-state index in [1.54, 1.807) is 29.6 Å². The van der Waals surface area contributed by atoms with Crippen molar-refractivity contribution >= 4 is 28.8 Å². The molecule has 1 fully saturated rings.